The number of carbonyl (C=O) groups is 1. The van der Waals surface area contributed by atoms with Crippen LogP contribution in [0.15, 0.2) is 42.6 Å². The fraction of sp³-hybridized carbons (Fsp3) is 0.143. The lowest BCUT2D eigenvalue weighted by Crippen LogP contribution is -2.22. The van der Waals surface area contributed by atoms with Gasteiger partial charge in [0.15, 0.2) is 0 Å². The van der Waals surface area contributed by atoms with Crippen LogP contribution >= 0.6 is 0 Å². The van der Waals surface area contributed by atoms with Gasteiger partial charge in [0.1, 0.15) is 5.75 Å². The van der Waals surface area contributed by atoms with Gasteiger partial charge < -0.3 is 10.4 Å². The number of para-hydroxylation sites is 1. The zero-order chi connectivity index (χ0) is 13.0. The van der Waals surface area contributed by atoms with E-state index in [1.165, 1.54) is 0 Å². The van der Waals surface area contributed by atoms with Crippen molar-refractivity contribution in [1.29, 1.82) is 0 Å². The van der Waals surface area contributed by atoms with Gasteiger partial charge in [-0.15, -0.1) is 0 Å². The van der Waals surface area contributed by atoms with Crippen LogP contribution in [0.5, 0.6) is 5.75 Å². The highest BCUT2D eigenvalue weighted by atomic mass is 16.3. The summed E-state index contributed by atoms with van der Waals surface area (Å²) in [4.78, 5) is 15.9. The standard InChI is InChI=1S/C14H14N2O2/c1-10-8-11(6-7-15-10)14(18)16-9-12-4-2-3-5-13(12)17/h2-8,17H,9H2,1H3,(H,16,18). The topological polar surface area (TPSA) is 62.2 Å². The Bertz CT molecular complexity index is 567. The molecule has 1 amide bonds. The van der Waals surface area contributed by atoms with Crippen molar-refractivity contribution in [2.75, 3.05) is 0 Å². The maximum atomic E-state index is 11.9. The van der Waals surface area contributed by atoms with E-state index in [1.807, 2.05) is 13.0 Å². The minimum Gasteiger partial charge on any atom is -0.508 e. The van der Waals surface area contributed by atoms with Gasteiger partial charge in [-0.05, 0) is 25.1 Å². The smallest absolute Gasteiger partial charge is 0.251 e. The van der Waals surface area contributed by atoms with Crippen LogP contribution in [0.1, 0.15) is 21.6 Å². The quantitative estimate of drug-likeness (QED) is 0.865. The first-order valence-electron chi connectivity index (χ1n) is 5.64. The monoisotopic (exact) mass is 242 g/mol. The van der Waals surface area contributed by atoms with E-state index in [0.29, 0.717) is 17.7 Å². The highest BCUT2D eigenvalue weighted by Crippen LogP contribution is 2.15. The second kappa shape index (κ2) is 5.31. The molecule has 4 nitrogen and oxygen atoms in total. The number of phenols is 1. The van der Waals surface area contributed by atoms with Crippen molar-refractivity contribution in [2.45, 2.75) is 13.5 Å². The van der Waals surface area contributed by atoms with Crippen LogP contribution in [0.3, 0.4) is 0 Å². The number of aryl methyl sites for hydroxylation is 1. The molecular weight excluding hydrogens is 228 g/mol. The summed E-state index contributed by atoms with van der Waals surface area (Å²) in [6, 6.07) is 10.3. The molecular formula is C14H14N2O2. The molecule has 2 N–H and O–H groups in total. The van der Waals surface area contributed by atoms with Crippen molar-refractivity contribution < 1.29 is 9.90 Å². The number of nitrogens with one attached hydrogen (secondary N) is 1. The molecule has 1 heterocycles. The SMILES string of the molecule is Cc1cc(C(=O)NCc2ccccc2O)ccn1. The van der Waals surface area contributed by atoms with Gasteiger partial charge in [-0.1, -0.05) is 18.2 Å². The van der Waals surface area contributed by atoms with Gasteiger partial charge in [-0.25, -0.2) is 0 Å². The molecule has 0 saturated carbocycles. The molecule has 0 aliphatic heterocycles. The third kappa shape index (κ3) is 2.85. The number of aromatic nitrogens is 1. The van der Waals surface area contributed by atoms with Crippen molar-refractivity contribution in [2.24, 2.45) is 0 Å². The molecule has 92 valence electrons. The molecule has 4 heteroatoms. The van der Waals surface area contributed by atoms with E-state index in [0.717, 1.165) is 5.69 Å². The largest absolute Gasteiger partial charge is 0.508 e. The molecule has 0 fully saturated rings. The third-order valence-electron chi connectivity index (χ3n) is 2.59. The molecule has 0 radical (unpaired) electrons. The number of hydrogen-bond acceptors (Lipinski definition) is 3. The molecule has 0 atom stereocenters. The number of aromatic hydroxyl groups is 1. The summed E-state index contributed by atoms with van der Waals surface area (Å²) in [5, 5.41) is 12.3. The van der Waals surface area contributed by atoms with Gasteiger partial charge in [-0.3, -0.25) is 9.78 Å². The van der Waals surface area contributed by atoms with E-state index >= 15 is 0 Å². The van der Waals surface area contributed by atoms with E-state index in [4.69, 9.17) is 0 Å². The maximum Gasteiger partial charge on any atom is 0.251 e. The predicted octanol–water partition coefficient (Wildman–Crippen LogP) is 2.03. The first-order chi connectivity index (χ1) is 8.66. The summed E-state index contributed by atoms with van der Waals surface area (Å²) in [6.45, 7) is 2.13. The van der Waals surface area contributed by atoms with Gasteiger partial charge in [0.2, 0.25) is 0 Å². The first-order valence-corrected chi connectivity index (χ1v) is 5.64. The summed E-state index contributed by atoms with van der Waals surface area (Å²) < 4.78 is 0. The second-order valence-corrected chi connectivity index (χ2v) is 4.00. The maximum absolute atomic E-state index is 11.9. The number of amides is 1. The van der Waals surface area contributed by atoms with E-state index < -0.39 is 0 Å². The molecule has 1 aromatic heterocycles. The van der Waals surface area contributed by atoms with E-state index in [9.17, 15) is 9.90 Å². The Balaban J connectivity index is 2.03. The predicted molar refractivity (Wildman–Crippen MR) is 68.3 cm³/mol. The zero-order valence-corrected chi connectivity index (χ0v) is 10.1. The number of nitrogens with zero attached hydrogens (tertiary/aromatic N) is 1. The Morgan fingerprint density at radius 1 is 1.33 bits per heavy atom. The van der Waals surface area contributed by atoms with Crippen LogP contribution in [0.4, 0.5) is 0 Å². The Kier molecular flexibility index (Phi) is 3.57. The lowest BCUT2D eigenvalue weighted by atomic mass is 10.2. The van der Waals surface area contributed by atoms with E-state index in [-0.39, 0.29) is 11.7 Å². The first kappa shape index (κ1) is 12.1. The van der Waals surface area contributed by atoms with Crippen LogP contribution in [-0.2, 0) is 6.54 Å². The molecule has 18 heavy (non-hydrogen) atoms. The molecule has 0 saturated heterocycles. The van der Waals surface area contributed by atoms with E-state index in [2.05, 4.69) is 10.3 Å². The summed E-state index contributed by atoms with van der Waals surface area (Å²) >= 11 is 0. The van der Waals surface area contributed by atoms with Crippen LogP contribution in [-0.4, -0.2) is 16.0 Å². The van der Waals surface area contributed by atoms with Gasteiger partial charge in [-0.2, -0.15) is 0 Å². The van der Waals surface area contributed by atoms with Gasteiger partial charge >= 0.3 is 0 Å². The number of phenolic OH excluding ortho intramolecular Hbond substituents is 1. The highest BCUT2D eigenvalue weighted by molar-refractivity contribution is 5.94. The third-order valence-corrected chi connectivity index (χ3v) is 2.59. The lowest BCUT2D eigenvalue weighted by Gasteiger charge is -2.07. The molecule has 0 aliphatic rings. The Morgan fingerprint density at radius 2 is 2.11 bits per heavy atom. The minimum atomic E-state index is -0.177. The van der Waals surface area contributed by atoms with Crippen molar-refractivity contribution >= 4 is 5.91 Å². The number of carbonyl (C=O) groups excluding carboxylic acids is 1. The Labute approximate surface area is 105 Å². The van der Waals surface area contributed by atoms with E-state index in [1.54, 1.807) is 36.5 Å². The summed E-state index contributed by atoms with van der Waals surface area (Å²) in [5.74, 6) is 0.00691. The van der Waals surface area contributed by atoms with Crippen LogP contribution < -0.4 is 5.32 Å². The molecule has 1 aromatic carbocycles. The van der Waals surface area contributed by atoms with Crippen LogP contribution in [0.2, 0.25) is 0 Å². The van der Waals surface area contributed by atoms with Gasteiger partial charge in [0.05, 0.1) is 0 Å². The fourth-order valence-corrected chi connectivity index (χ4v) is 1.62. The molecule has 2 rings (SSSR count). The van der Waals surface area contributed by atoms with Crippen molar-refractivity contribution in [1.82, 2.24) is 10.3 Å². The highest BCUT2D eigenvalue weighted by Gasteiger charge is 2.06. The number of hydrogen-bond donors (Lipinski definition) is 2. The Morgan fingerprint density at radius 3 is 2.83 bits per heavy atom. The number of benzene rings is 1. The minimum absolute atomic E-state index is 0.177. The van der Waals surface area contributed by atoms with Crippen molar-refractivity contribution in [3.63, 3.8) is 0 Å². The number of rotatable bonds is 3. The van der Waals surface area contributed by atoms with Crippen molar-refractivity contribution in [3.8, 4) is 5.75 Å². The van der Waals surface area contributed by atoms with Crippen molar-refractivity contribution in [3.05, 3.63) is 59.4 Å². The Hall–Kier alpha value is -2.36. The summed E-state index contributed by atoms with van der Waals surface area (Å²) in [6.07, 6.45) is 1.60. The molecule has 0 unspecified atom stereocenters. The van der Waals surface area contributed by atoms with Gasteiger partial charge in [0.25, 0.3) is 5.91 Å². The van der Waals surface area contributed by atoms with Gasteiger partial charge in [0, 0.05) is 29.6 Å². The average Bonchev–Trinajstić information content (AvgIpc) is 2.37. The van der Waals surface area contributed by atoms with Crippen LogP contribution in [0.25, 0.3) is 0 Å². The lowest BCUT2D eigenvalue weighted by molar-refractivity contribution is 0.0950. The molecule has 2 aromatic rings. The summed E-state index contributed by atoms with van der Waals surface area (Å²) in [5.41, 5.74) is 2.06. The average molecular weight is 242 g/mol. The normalized spacial score (nSPS) is 10.1. The fourth-order valence-electron chi connectivity index (χ4n) is 1.62. The zero-order valence-electron chi connectivity index (χ0n) is 10.1. The number of pyridine rings is 1. The second-order valence-electron chi connectivity index (χ2n) is 4.00. The molecule has 0 bridgehead atoms. The summed E-state index contributed by atoms with van der Waals surface area (Å²) in [7, 11) is 0. The molecule has 0 aliphatic carbocycles. The van der Waals surface area contributed by atoms with Crippen LogP contribution in [0, 0.1) is 6.92 Å². The molecule has 0 spiro atoms.